The van der Waals surface area contributed by atoms with Gasteiger partial charge in [-0.2, -0.15) is 0 Å². The van der Waals surface area contributed by atoms with E-state index in [1.165, 1.54) is 36.8 Å². The fourth-order valence-electron chi connectivity index (χ4n) is 5.48. The maximum Gasteiger partial charge on any atom is 0.162 e. The maximum atomic E-state index is 15.1. The normalized spacial score (nSPS) is 18.0. The average molecular weight is 505 g/mol. The van der Waals surface area contributed by atoms with Crippen LogP contribution in [0.15, 0.2) is 42.5 Å². The summed E-state index contributed by atoms with van der Waals surface area (Å²) < 4.78 is 86.4. The van der Waals surface area contributed by atoms with E-state index >= 15 is 8.78 Å². The lowest BCUT2D eigenvalue weighted by Gasteiger charge is -2.29. The summed E-state index contributed by atoms with van der Waals surface area (Å²) in [4.78, 5) is 0. The van der Waals surface area contributed by atoms with Gasteiger partial charge in [0.2, 0.25) is 0 Å². The van der Waals surface area contributed by atoms with Crippen LogP contribution in [0.2, 0.25) is 0 Å². The molecule has 0 nitrogen and oxygen atoms in total. The zero-order chi connectivity index (χ0) is 25.8. The van der Waals surface area contributed by atoms with Crippen molar-refractivity contribution in [3.05, 3.63) is 94.1 Å². The maximum absolute atomic E-state index is 15.1. The Kier molecular flexibility index (Phi) is 8.43. The molecular formula is C30H30F6. The van der Waals surface area contributed by atoms with Crippen molar-refractivity contribution in [3.63, 3.8) is 0 Å². The Labute approximate surface area is 208 Å². The van der Waals surface area contributed by atoms with Gasteiger partial charge >= 0.3 is 0 Å². The van der Waals surface area contributed by atoms with Gasteiger partial charge in [-0.15, -0.1) is 0 Å². The van der Waals surface area contributed by atoms with Gasteiger partial charge in [0.1, 0.15) is 11.6 Å². The van der Waals surface area contributed by atoms with Crippen LogP contribution in [0.5, 0.6) is 0 Å². The van der Waals surface area contributed by atoms with Gasteiger partial charge in [0, 0.05) is 0 Å². The summed E-state index contributed by atoms with van der Waals surface area (Å²) in [6.07, 6.45) is 6.43. The van der Waals surface area contributed by atoms with Gasteiger partial charge in [0.05, 0.1) is 5.56 Å². The molecule has 6 heteroatoms. The highest BCUT2D eigenvalue weighted by molar-refractivity contribution is 5.66. The first-order chi connectivity index (χ1) is 17.3. The first kappa shape index (κ1) is 26.3. The minimum absolute atomic E-state index is 0.00509. The fraction of sp³-hybridized carbons (Fsp3) is 0.400. The minimum Gasteiger partial charge on any atom is -0.206 e. The second-order valence-electron chi connectivity index (χ2n) is 9.86. The van der Waals surface area contributed by atoms with Gasteiger partial charge in [-0.1, -0.05) is 31.9 Å². The van der Waals surface area contributed by atoms with Crippen molar-refractivity contribution in [3.8, 4) is 11.1 Å². The van der Waals surface area contributed by atoms with E-state index < -0.39 is 40.5 Å². The summed E-state index contributed by atoms with van der Waals surface area (Å²) in [5, 5.41) is 0. The molecular weight excluding hydrogens is 474 g/mol. The number of benzene rings is 3. The molecule has 0 bridgehead atoms. The molecule has 3 aromatic carbocycles. The Morgan fingerprint density at radius 3 is 2.00 bits per heavy atom. The SMILES string of the molecule is CCCC1CCC(c2cc(F)c(-c3cc(F)c(F)c(CCCc4cccc(F)c4F)c3)c(F)c2)CC1. The van der Waals surface area contributed by atoms with Crippen LogP contribution in [0.25, 0.3) is 11.1 Å². The molecule has 0 radical (unpaired) electrons. The van der Waals surface area contributed by atoms with Gasteiger partial charge in [0.15, 0.2) is 23.3 Å². The summed E-state index contributed by atoms with van der Waals surface area (Å²) in [5.74, 6) is -5.13. The van der Waals surface area contributed by atoms with E-state index in [4.69, 9.17) is 0 Å². The topological polar surface area (TPSA) is 0 Å². The number of aryl methyl sites for hydroxylation is 2. The van der Waals surface area contributed by atoms with E-state index in [0.29, 0.717) is 11.5 Å². The number of hydrogen-bond acceptors (Lipinski definition) is 0. The molecule has 3 aromatic rings. The summed E-state index contributed by atoms with van der Waals surface area (Å²) in [6, 6.07) is 8.46. The smallest absolute Gasteiger partial charge is 0.162 e. The van der Waals surface area contributed by atoms with Gasteiger partial charge in [-0.25, -0.2) is 26.3 Å². The molecule has 0 spiro atoms. The van der Waals surface area contributed by atoms with Crippen molar-refractivity contribution in [2.45, 2.75) is 70.6 Å². The first-order valence-corrected chi connectivity index (χ1v) is 12.7. The van der Waals surface area contributed by atoms with Crippen molar-refractivity contribution in [2.75, 3.05) is 0 Å². The zero-order valence-corrected chi connectivity index (χ0v) is 20.3. The molecule has 1 aliphatic rings. The second-order valence-corrected chi connectivity index (χ2v) is 9.86. The average Bonchev–Trinajstić information content (AvgIpc) is 2.85. The molecule has 0 unspecified atom stereocenters. The quantitative estimate of drug-likeness (QED) is 0.268. The predicted molar refractivity (Wildman–Crippen MR) is 130 cm³/mol. The molecule has 36 heavy (non-hydrogen) atoms. The van der Waals surface area contributed by atoms with E-state index in [9.17, 15) is 17.6 Å². The highest BCUT2D eigenvalue weighted by Gasteiger charge is 2.25. The van der Waals surface area contributed by atoms with E-state index in [1.54, 1.807) is 0 Å². The van der Waals surface area contributed by atoms with E-state index in [2.05, 4.69) is 6.92 Å². The Bertz CT molecular complexity index is 1190. The largest absolute Gasteiger partial charge is 0.206 e. The number of halogens is 6. The monoisotopic (exact) mass is 504 g/mol. The molecule has 1 aliphatic carbocycles. The van der Waals surface area contributed by atoms with Crippen LogP contribution in [-0.2, 0) is 12.8 Å². The molecule has 0 N–H and O–H groups in total. The standard InChI is InChI=1S/C30H30F6/c1-2-5-18-10-12-19(13-11-18)22-15-25(32)28(26(33)16-22)23-14-21(30(36)27(34)17-23)8-3-6-20-7-4-9-24(31)29(20)35/h4,7,9,14-19H,2-3,5-6,8,10-13H2,1H3. The van der Waals surface area contributed by atoms with Crippen LogP contribution in [-0.4, -0.2) is 0 Å². The van der Waals surface area contributed by atoms with Crippen molar-refractivity contribution in [2.24, 2.45) is 5.92 Å². The van der Waals surface area contributed by atoms with Gasteiger partial charge in [-0.3, -0.25) is 0 Å². The summed E-state index contributed by atoms with van der Waals surface area (Å²) in [7, 11) is 0. The highest BCUT2D eigenvalue weighted by Crippen LogP contribution is 2.39. The van der Waals surface area contributed by atoms with E-state index in [1.807, 2.05) is 0 Å². The lowest BCUT2D eigenvalue weighted by Crippen LogP contribution is -2.13. The Balaban J connectivity index is 1.53. The third kappa shape index (κ3) is 5.79. The van der Waals surface area contributed by atoms with Crippen molar-refractivity contribution < 1.29 is 26.3 Å². The van der Waals surface area contributed by atoms with Crippen molar-refractivity contribution >= 4 is 0 Å². The summed E-state index contributed by atoms with van der Waals surface area (Å²) >= 11 is 0. The van der Waals surface area contributed by atoms with Crippen LogP contribution in [0, 0.1) is 40.8 Å². The minimum atomic E-state index is -1.21. The Morgan fingerprint density at radius 1 is 0.694 bits per heavy atom. The van der Waals surface area contributed by atoms with Gasteiger partial charge in [-0.05, 0) is 109 Å². The molecule has 192 valence electrons. The van der Waals surface area contributed by atoms with Crippen LogP contribution in [0.1, 0.15) is 74.5 Å². The third-order valence-corrected chi connectivity index (χ3v) is 7.40. The van der Waals surface area contributed by atoms with Crippen molar-refractivity contribution in [1.82, 2.24) is 0 Å². The lowest BCUT2D eigenvalue weighted by molar-refractivity contribution is 0.307. The molecule has 1 saturated carbocycles. The molecule has 4 rings (SSSR count). The van der Waals surface area contributed by atoms with E-state index in [-0.39, 0.29) is 41.9 Å². The molecule has 0 amide bonds. The predicted octanol–water partition coefficient (Wildman–Crippen LogP) is 9.44. The van der Waals surface area contributed by atoms with E-state index in [0.717, 1.165) is 44.2 Å². The lowest BCUT2D eigenvalue weighted by atomic mass is 9.77. The molecule has 0 atom stereocenters. The van der Waals surface area contributed by atoms with Crippen LogP contribution < -0.4 is 0 Å². The molecule has 0 aliphatic heterocycles. The third-order valence-electron chi connectivity index (χ3n) is 7.40. The van der Waals surface area contributed by atoms with Crippen LogP contribution in [0.3, 0.4) is 0 Å². The molecule has 0 aromatic heterocycles. The van der Waals surface area contributed by atoms with Crippen LogP contribution >= 0.6 is 0 Å². The summed E-state index contributed by atoms with van der Waals surface area (Å²) in [6.45, 7) is 2.16. The van der Waals surface area contributed by atoms with Crippen LogP contribution in [0.4, 0.5) is 26.3 Å². The van der Waals surface area contributed by atoms with Gasteiger partial charge < -0.3 is 0 Å². The fourth-order valence-corrected chi connectivity index (χ4v) is 5.48. The summed E-state index contributed by atoms with van der Waals surface area (Å²) in [5.41, 5.74) is 0.176. The van der Waals surface area contributed by atoms with Crippen molar-refractivity contribution in [1.29, 1.82) is 0 Å². The number of hydrogen-bond donors (Lipinski definition) is 0. The highest BCUT2D eigenvalue weighted by atomic mass is 19.2. The zero-order valence-electron chi connectivity index (χ0n) is 20.3. The Morgan fingerprint density at radius 2 is 1.33 bits per heavy atom. The van der Waals surface area contributed by atoms with Gasteiger partial charge in [0.25, 0.3) is 0 Å². The molecule has 0 saturated heterocycles. The second kappa shape index (κ2) is 11.5. The molecule has 1 fully saturated rings. The first-order valence-electron chi connectivity index (χ1n) is 12.7. The number of rotatable bonds is 8. The Hall–Kier alpha value is -2.76. The molecule has 0 heterocycles.